The first kappa shape index (κ1) is 23.4. The van der Waals surface area contributed by atoms with E-state index in [2.05, 4.69) is 6.92 Å². The van der Waals surface area contributed by atoms with Gasteiger partial charge in [-0.2, -0.15) is 0 Å². The van der Waals surface area contributed by atoms with Crippen LogP contribution in [0.25, 0.3) is 0 Å². The summed E-state index contributed by atoms with van der Waals surface area (Å²) in [7, 11) is 0. The van der Waals surface area contributed by atoms with Crippen LogP contribution in [-0.2, 0) is 9.53 Å². The summed E-state index contributed by atoms with van der Waals surface area (Å²) in [6, 6.07) is 7.11. The number of hydrogen-bond donors (Lipinski definition) is 0. The highest BCUT2D eigenvalue weighted by Gasteiger charge is 2.12. The minimum Gasteiger partial charge on any atom is -0.389 e. The van der Waals surface area contributed by atoms with E-state index in [0.29, 0.717) is 12.0 Å². The highest BCUT2D eigenvalue weighted by molar-refractivity contribution is 5.96. The zero-order valence-corrected chi connectivity index (χ0v) is 17.4. The summed E-state index contributed by atoms with van der Waals surface area (Å²) in [5.74, 6) is -0.956. The highest BCUT2D eigenvalue weighted by atomic mass is 16.6. The Hall–Kier alpha value is -1.64. The molecule has 0 radical (unpaired) electrons. The molecule has 0 atom stereocenters. The maximum Gasteiger partial charge on any atom is 0.345 e. The Labute approximate surface area is 165 Å². The molecule has 1 aromatic rings. The molecule has 0 unspecified atom stereocenters. The molecular formula is C24H38O3. The van der Waals surface area contributed by atoms with Crippen molar-refractivity contribution in [1.82, 2.24) is 0 Å². The fourth-order valence-electron chi connectivity index (χ4n) is 3.27. The third-order valence-electron chi connectivity index (χ3n) is 4.94. The molecule has 3 heteroatoms. The van der Waals surface area contributed by atoms with Crippen LogP contribution in [0.5, 0.6) is 0 Å². The van der Waals surface area contributed by atoms with Crippen molar-refractivity contribution in [2.75, 3.05) is 0 Å². The van der Waals surface area contributed by atoms with Crippen molar-refractivity contribution >= 4 is 11.9 Å². The van der Waals surface area contributed by atoms with E-state index in [1.165, 1.54) is 64.2 Å². The normalized spacial score (nSPS) is 10.7. The van der Waals surface area contributed by atoms with Gasteiger partial charge < -0.3 is 4.74 Å². The monoisotopic (exact) mass is 374 g/mol. The van der Waals surface area contributed by atoms with Crippen molar-refractivity contribution in [1.29, 1.82) is 0 Å². The van der Waals surface area contributed by atoms with Gasteiger partial charge in [-0.1, -0.05) is 102 Å². The van der Waals surface area contributed by atoms with Gasteiger partial charge in [0.1, 0.15) is 0 Å². The van der Waals surface area contributed by atoms with Crippen molar-refractivity contribution in [3.63, 3.8) is 0 Å². The maximum atomic E-state index is 11.9. The second-order valence-corrected chi connectivity index (χ2v) is 7.62. The summed E-state index contributed by atoms with van der Waals surface area (Å²) in [5.41, 5.74) is 1.42. The predicted molar refractivity (Wildman–Crippen MR) is 112 cm³/mol. The molecule has 1 aromatic carbocycles. The van der Waals surface area contributed by atoms with E-state index in [1.54, 1.807) is 18.2 Å². The van der Waals surface area contributed by atoms with Gasteiger partial charge in [-0.05, 0) is 25.5 Å². The quantitative estimate of drug-likeness (QED) is 0.186. The van der Waals surface area contributed by atoms with Gasteiger partial charge in [-0.15, -0.1) is 0 Å². The summed E-state index contributed by atoms with van der Waals surface area (Å²) in [6.07, 6.45) is 16.8. The van der Waals surface area contributed by atoms with Gasteiger partial charge in [0.25, 0.3) is 0 Å². The highest BCUT2D eigenvalue weighted by Crippen LogP contribution is 2.13. The van der Waals surface area contributed by atoms with Crippen LogP contribution in [-0.4, -0.2) is 11.9 Å². The third-order valence-corrected chi connectivity index (χ3v) is 4.94. The molecule has 0 aliphatic carbocycles. The lowest BCUT2D eigenvalue weighted by molar-refractivity contribution is -0.138. The molecule has 0 fully saturated rings. The van der Waals surface area contributed by atoms with Gasteiger partial charge in [0, 0.05) is 6.42 Å². The summed E-state index contributed by atoms with van der Waals surface area (Å²) in [4.78, 5) is 23.7. The number of hydrogen-bond acceptors (Lipinski definition) is 3. The number of unbranched alkanes of at least 4 members (excludes halogenated alkanes) is 12. The molecule has 0 saturated carbocycles. The number of aryl methyl sites for hydroxylation is 1. The fraction of sp³-hybridized carbons (Fsp3) is 0.667. The molecular weight excluding hydrogens is 336 g/mol. The smallest absolute Gasteiger partial charge is 0.345 e. The van der Waals surface area contributed by atoms with Crippen LogP contribution in [0.3, 0.4) is 0 Å². The fourth-order valence-corrected chi connectivity index (χ4v) is 3.27. The number of benzene rings is 1. The summed E-state index contributed by atoms with van der Waals surface area (Å²) in [6.45, 7) is 4.17. The van der Waals surface area contributed by atoms with Crippen LogP contribution in [0, 0.1) is 6.92 Å². The summed E-state index contributed by atoms with van der Waals surface area (Å²) < 4.78 is 4.92. The first-order chi connectivity index (χ1) is 13.1. The largest absolute Gasteiger partial charge is 0.389 e. The molecule has 152 valence electrons. The Balaban J connectivity index is 1.93. The van der Waals surface area contributed by atoms with Gasteiger partial charge in [-0.3, -0.25) is 4.79 Å². The van der Waals surface area contributed by atoms with Crippen molar-refractivity contribution in [3.8, 4) is 0 Å². The van der Waals surface area contributed by atoms with Crippen molar-refractivity contribution in [3.05, 3.63) is 35.4 Å². The summed E-state index contributed by atoms with van der Waals surface area (Å²) >= 11 is 0. The minimum absolute atomic E-state index is 0.329. The zero-order valence-electron chi connectivity index (χ0n) is 17.4. The van der Waals surface area contributed by atoms with Gasteiger partial charge in [0.05, 0.1) is 5.56 Å². The topological polar surface area (TPSA) is 43.4 Å². The molecule has 0 saturated heterocycles. The SMILES string of the molecule is CCCCCCCCCCCCCCCC(=O)OC(=O)c1cccc(C)c1. The van der Waals surface area contributed by atoms with Gasteiger partial charge in [0.15, 0.2) is 0 Å². The lowest BCUT2D eigenvalue weighted by Crippen LogP contribution is -2.12. The Bertz CT molecular complexity index is 536. The molecule has 0 aromatic heterocycles. The Morgan fingerprint density at radius 1 is 0.778 bits per heavy atom. The van der Waals surface area contributed by atoms with Crippen molar-refractivity contribution < 1.29 is 14.3 Å². The van der Waals surface area contributed by atoms with E-state index in [-0.39, 0.29) is 0 Å². The number of esters is 2. The third kappa shape index (κ3) is 12.4. The Morgan fingerprint density at radius 3 is 1.81 bits per heavy atom. The second-order valence-electron chi connectivity index (χ2n) is 7.62. The number of carbonyl (C=O) groups excluding carboxylic acids is 2. The number of carbonyl (C=O) groups is 2. The van der Waals surface area contributed by atoms with Crippen LogP contribution < -0.4 is 0 Å². The van der Waals surface area contributed by atoms with Crippen LogP contribution in [0.1, 0.15) is 113 Å². The van der Waals surface area contributed by atoms with Crippen LogP contribution in [0.2, 0.25) is 0 Å². The minimum atomic E-state index is -0.543. The van der Waals surface area contributed by atoms with Crippen LogP contribution >= 0.6 is 0 Å². The van der Waals surface area contributed by atoms with Crippen LogP contribution in [0.4, 0.5) is 0 Å². The van der Waals surface area contributed by atoms with E-state index in [4.69, 9.17) is 4.74 Å². The molecule has 0 amide bonds. The first-order valence-corrected chi connectivity index (χ1v) is 10.9. The van der Waals surface area contributed by atoms with E-state index in [0.717, 1.165) is 24.8 Å². The molecule has 27 heavy (non-hydrogen) atoms. The molecule has 0 aliphatic heterocycles. The van der Waals surface area contributed by atoms with Gasteiger partial charge >= 0.3 is 11.9 Å². The number of ether oxygens (including phenoxy) is 1. The zero-order chi connectivity index (χ0) is 19.7. The molecule has 1 rings (SSSR count). The lowest BCUT2D eigenvalue weighted by atomic mass is 10.0. The number of rotatable bonds is 15. The van der Waals surface area contributed by atoms with E-state index in [9.17, 15) is 9.59 Å². The Kier molecular flexibility index (Phi) is 13.4. The van der Waals surface area contributed by atoms with Crippen LogP contribution in [0.15, 0.2) is 24.3 Å². The Morgan fingerprint density at radius 2 is 1.30 bits per heavy atom. The maximum absolute atomic E-state index is 11.9. The second kappa shape index (κ2) is 15.4. The average Bonchev–Trinajstić information content (AvgIpc) is 2.65. The molecule has 0 bridgehead atoms. The van der Waals surface area contributed by atoms with E-state index >= 15 is 0 Å². The van der Waals surface area contributed by atoms with E-state index < -0.39 is 11.9 Å². The molecule has 0 heterocycles. The molecule has 0 aliphatic rings. The predicted octanol–water partition coefficient (Wildman–Crippen LogP) is 7.16. The molecule has 3 nitrogen and oxygen atoms in total. The first-order valence-electron chi connectivity index (χ1n) is 10.9. The van der Waals surface area contributed by atoms with Gasteiger partial charge in [0.2, 0.25) is 0 Å². The molecule has 0 N–H and O–H groups in total. The summed E-state index contributed by atoms with van der Waals surface area (Å²) in [5, 5.41) is 0. The van der Waals surface area contributed by atoms with Crippen molar-refractivity contribution in [2.24, 2.45) is 0 Å². The van der Waals surface area contributed by atoms with Gasteiger partial charge in [-0.25, -0.2) is 4.79 Å². The molecule has 0 spiro atoms. The lowest BCUT2D eigenvalue weighted by Gasteiger charge is -2.04. The average molecular weight is 375 g/mol. The van der Waals surface area contributed by atoms with E-state index in [1.807, 2.05) is 13.0 Å². The van der Waals surface area contributed by atoms with Crippen molar-refractivity contribution in [2.45, 2.75) is 104 Å². The standard InChI is InChI=1S/C24H38O3/c1-3-4-5-6-7-8-9-10-11-12-13-14-15-19-23(25)27-24(26)22-18-16-17-21(2)20-22/h16-18,20H,3-15,19H2,1-2H3.